The zero-order chi connectivity index (χ0) is 13.8. The first kappa shape index (κ1) is 14.3. The molecular weight excluding hydrogens is 240 g/mol. The Kier molecular flexibility index (Phi) is 4.80. The molecule has 19 heavy (non-hydrogen) atoms. The van der Waals surface area contributed by atoms with Crippen molar-refractivity contribution in [3.8, 4) is 5.75 Å². The van der Waals surface area contributed by atoms with E-state index in [-0.39, 0.29) is 12.6 Å². The Morgan fingerprint density at radius 1 is 1.32 bits per heavy atom. The summed E-state index contributed by atoms with van der Waals surface area (Å²) in [6.07, 6.45) is 0. The normalized spacial score (nSPS) is 18.3. The second-order valence-electron chi connectivity index (χ2n) is 5.19. The highest BCUT2D eigenvalue weighted by Gasteiger charge is 2.25. The number of rotatable bonds is 4. The summed E-state index contributed by atoms with van der Waals surface area (Å²) in [5.41, 5.74) is 3.44. The van der Waals surface area contributed by atoms with Gasteiger partial charge in [0.1, 0.15) is 5.75 Å². The molecule has 1 aliphatic heterocycles. The fraction of sp³-hybridized carbons (Fsp3) is 0.600. The van der Waals surface area contributed by atoms with Crippen LogP contribution in [0.15, 0.2) is 12.1 Å². The Morgan fingerprint density at radius 2 is 2.00 bits per heavy atom. The Bertz CT molecular complexity index is 428. The van der Waals surface area contributed by atoms with E-state index >= 15 is 0 Å². The molecule has 0 aromatic heterocycles. The van der Waals surface area contributed by atoms with Gasteiger partial charge in [-0.2, -0.15) is 0 Å². The van der Waals surface area contributed by atoms with E-state index in [2.05, 4.69) is 36.2 Å². The molecule has 0 radical (unpaired) electrons. The highest BCUT2D eigenvalue weighted by molar-refractivity contribution is 5.45. The third-order valence-corrected chi connectivity index (χ3v) is 3.78. The maximum Gasteiger partial charge on any atom is 0.126 e. The zero-order valence-electron chi connectivity index (χ0n) is 12.1. The quantitative estimate of drug-likeness (QED) is 0.859. The lowest BCUT2D eigenvalue weighted by Crippen LogP contribution is -2.46. The molecule has 4 heteroatoms. The monoisotopic (exact) mass is 264 g/mol. The molecule has 0 bridgehead atoms. The van der Waals surface area contributed by atoms with Crippen LogP contribution in [0.1, 0.15) is 22.7 Å². The number of aliphatic hydroxyl groups is 1. The average molecular weight is 264 g/mol. The van der Waals surface area contributed by atoms with E-state index in [9.17, 15) is 5.11 Å². The molecule has 1 aromatic carbocycles. The summed E-state index contributed by atoms with van der Waals surface area (Å²) in [6, 6.07) is 4.28. The molecule has 0 spiro atoms. The topological polar surface area (TPSA) is 44.7 Å². The molecule has 1 aromatic rings. The minimum Gasteiger partial charge on any atom is -0.496 e. The first-order chi connectivity index (χ1) is 9.17. The third kappa shape index (κ3) is 3.08. The van der Waals surface area contributed by atoms with Crippen LogP contribution in [0.25, 0.3) is 0 Å². The van der Waals surface area contributed by atoms with Crippen molar-refractivity contribution in [1.29, 1.82) is 0 Å². The maximum atomic E-state index is 9.82. The van der Waals surface area contributed by atoms with E-state index in [1.54, 1.807) is 7.11 Å². The smallest absolute Gasteiger partial charge is 0.126 e. The molecular formula is C15H24N2O2. The van der Waals surface area contributed by atoms with Gasteiger partial charge in [-0.15, -0.1) is 0 Å². The van der Waals surface area contributed by atoms with E-state index in [0.717, 1.165) is 43.1 Å². The zero-order valence-corrected chi connectivity index (χ0v) is 12.1. The first-order valence-electron chi connectivity index (χ1n) is 6.88. The van der Waals surface area contributed by atoms with Gasteiger partial charge in [-0.3, -0.25) is 4.90 Å². The highest BCUT2D eigenvalue weighted by atomic mass is 16.5. The molecule has 0 aliphatic carbocycles. The number of nitrogens with zero attached hydrogens (tertiary/aromatic N) is 1. The number of aryl methyl sites for hydroxylation is 2. The van der Waals surface area contributed by atoms with Gasteiger partial charge in [-0.1, -0.05) is 17.7 Å². The van der Waals surface area contributed by atoms with Crippen LogP contribution in [0.3, 0.4) is 0 Å². The minimum atomic E-state index is 0.0237. The summed E-state index contributed by atoms with van der Waals surface area (Å²) in [5.74, 6) is 0.906. The van der Waals surface area contributed by atoms with Gasteiger partial charge < -0.3 is 15.2 Å². The van der Waals surface area contributed by atoms with Crippen molar-refractivity contribution < 1.29 is 9.84 Å². The van der Waals surface area contributed by atoms with Gasteiger partial charge in [0, 0.05) is 31.7 Å². The van der Waals surface area contributed by atoms with Crippen molar-refractivity contribution in [2.45, 2.75) is 19.9 Å². The molecule has 1 aliphatic rings. The summed E-state index contributed by atoms with van der Waals surface area (Å²) in [7, 11) is 1.70. The molecule has 0 amide bonds. The van der Waals surface area contributed by atoms with Gasteiger partial charge in [0.05, 0.1) is 19.8 Å². The van der Waals surface area contributed by atoms with Crippen molar-refractivity contribution in [1.82, 2.24) is 10.2 Å². The van der Waals surface area contributed by atoms with Gasteiger partial charge in [-0.05, 0) is 19.4 Å². The number of nitrogens with one attached hydrogen (secondary N) is 1. The number of hydrogen-bond acceptors (Lipinski definition) is 4. The number of benzene rings is 1. The van der Waals surface area contributed by atoms with E-state index in [4.69, 9.17) is 4.74 Å². The second-order valence-corrected chi connectivity index (χ2v) is 5.19. The number of aliphatic hydroxyl groups excluding tert-OH is 1. The van der Waals surface area contributed by atoms with Crippen LogP contribution in [-0.2, 0) is 0 Å². The summed E-state index contributed by atoms with van der Waals surface area (Å²) in [4.78, 5) is 2.33. The van der Waals surface area contributed by atoms with Crippen LogP contribution in [-0.4, -0.2) is 49.9 Å². The SMILES string of the molecule is COc1c(C)cc(C)cc1C(CO)N1CCNCC1. The molecule has 1 saturated heterocycles. The summed E-state index contributed by atoms with van der Waals surface area (Å²) in [6.45, 7) is 8.14. The Morgan fingerprint density at radius 3 is 2.58 bits per heavy atom. The van der Waals surface area contributed by atoms with Gasteiger partial charge in [0.15, 0.2) is 0 Å². The number of ether oxygens (including phenoxy) is 1. The molecule has 2 rings (SSSR count). The lowest BCUT2D eigenvalue weighted by atomic mass is 9.98. The number of methoxy groups -OCH3 is 1. The van der Waals surface area contributed by atoms with Crippen molar-refractivity contribution in [3.63, 3.8) is 0 Å². The van der Waals surface area contributed by atoms with Crippen LogP contribution < -0.4 is 10.1 Å². The fourth-order valence-corrected chi connectivity index (χ4v) is 2.92. The van der Waals surface area contributed by atoms with Crippen molar-refractivity contribution in [2.24, 2.45) is 0 Å². The van der Waals surface area contributed by atoms with Crippen molar-refractivity contribution in [2.75, 3.05) is 39.9 Å². The lowest BCUT2D eigenvalue weighted by molar-refractivity contribution is 0.109. The molecule has 1 fully saturated rings. The second kappa shape index (κ2) is 6.37. The summed E-state index contributed by atoms with van der Waals surface area (Å²) < 4.78 is 5.55. The van der Waals surface area contributed by atoms with Gasteiger partial charge in [0.25, 0.3) is 0 Å². The van der Waals surface area contributed by atoms with Crippen LogP contribution >= 0.6 is 0 Å². The molecule has 1 heterocycles. The largest absolute Gasteiger partial charge is 0.496 e. The fourth-order valence-electron chi connectivity index (χ4n) is 2.92. The Balaban J connectivity index is 2.36. The van der Waals surface area contributed by atoms with E-state index in [1.807, 2.05) is 0 Å². The molecule has 4 nitrogen and oxygen atoms in total. The van der Waals surface area contributed by atoms with E-state index < -0.39 is 0 Å². The molecule has 0 saturated carbocycles. The van der Waals surface area contributed by atoms with Crippen molar-refractivity contribution in [3.05, 3.63) is 28.8 Å². The Hall–Kier alpha value is -1.10. The lowest BCUT2D eigenvalue weighted by Gasteiger charge is -2.35. The predicted molar refractivity (Wildman–Crippen MR) is 76.7 cm³/mol. The van der Waals surface area contributed by atoms with Crippen LogP contribution in [0, 0.1) is 13.8 Å². The summed E-state index contributed by atoms with van der Waals surface area (Å²) in [5, 5.41) is 13.2. The molecule has 1 unspecified atom stereocenters. The first-order valence-corrected chi connectivity index (χ1v) is 6.88. The standard InChI is InChI=1S/C15H24N2O2/c1-11-8-12(2)15(19-3)13(9-11)14(10-18)17-6-4-16-5-7-17/h8-9,14,16,18H,4-7,10H2,1-3H3. The molecule has 106 valence electrons. The minimum absolute atomic E-state index is 0.0237. The number of hydrogen-bond donors (Lipinski definition) is 2. The average Bonchev–Trinajstić information content (AvgIpc) is 2.40. The Labute approximate surface area is 115 Å². The third-order valence-electron chi connectivity index (χ3n) is 3.78. The van der Waals surface area contributed by atoms with Crippen molar-refractivity contribution >= 4 is 0 Å². The number of piperazine rings is 1. The van der Waals surface area contributed by atoms with Crippen LogP contribution in [0.5, 0.6) is 5.75 Å². The summed E-state index contributed by atoms with van der Waals surface area (Å²) >= 11 is 0. The van der Waals surface area contributed by atoms with E-state index in [1.165, 1.54) is 5.56 Å². The molecule has 1 atom stereocenters. The predicted octanol–water partition coefficient (Wildman–Crippen LogP) is 1.25. The van der Waals surface area contributed by atoms with Crippen LogP contribution in [0.2, 0.25) is 0 Å². The maximum absolute atomic E-state index is 9.82. The van der Waals surface area contributed by atoms with E-state index in [0.29, 0.717) is 0 Å². The van der Waals surface area contributed by atoms with Crippen LogP contribution in [0.4, 0.5) is 0 Å². The van der Waals surface area contributed by atoms with Gasteiger partial charge >= 0.3 is 0 Å². The van der Waals surface area contributed by atoms with Gasteiger partial charge in [-0.25, -0.2) is 0 Å². The highest BCUT2D eigenvalue weighted by Crippen LogP contribution is 2.33. The van der Waals surface area contributed by atoms with Gasteiger partial charge in [0.2, 0.25) is 0 Å². The molecule has 2 N–H and O–H groups in total.